The number of carbonyl (C=O) groups excluding carboxylic acids is 4. The molecule has 0 heterocycles. The van der Waals surface area contributed by atoms with E-state index in [2.05, 4.69) is 41.5 Å². The van der Waals surface area contributed by atoms with Crippen molar-refractivity contribution in [3.8, 4) is 0 Å². The van der Waals surface area contributed by atoms with Crippen LogP contribution in [0.2, 0.25) is 0 Å². The first-order valence-corrected chi connectivity index (χ1v) is 15.4. The molecule has 4 aliphatic carbocycles. The molecule has 4 aliphatic rings. The van der Waals surface area contributed by atoms with Gasteiger partial charge in [0.15, 0.2) is 0 Å². The van der Waals surface area contributed by atoms with Crippen LogP contribution in [0.1, 0.15) is 121 Å². The largest absolute Gasteiger partial charge is 0.453 e. The number of esters is 2. The lowest BCUT2D eigenvalue weighted by Crippen LogP contribution is -2.40. The van der Waals surface area contributed by atoms with Gasteiger partial charge in [0, 0.05) is 10.8 Å². The zero-order chi connectivity index (χ0) is 31.5. The molecule has 42 heavy (non-hydrogen) atoms. The SMILES string of the molecule is CC(C)(CCC(C)(C)OOC(=O)C(=O)OC1C[C@@H]2CC[C@@]1(C)C2(C)C)OOC(=O)C(=O)OC1C[C@@H]2CC[C@@]1(C)C2(C)C. The van der Waals surface area contributed by atoms with Crippen LogP contribution in [-0.4, -0.2) is 47.3 Å². The second-order valence-electron chi connectivity index (χ2n) is 15.9. The normalized spacial score (nSPS) is 34.2. The molecule has 0 aromatic carbocycles. The molecule has 10 nitrogen and oxygen atoms in total. The molecule has 4 bridgehead atoms. The smallest absolute Gasteiger partial charge is 0.449 e. The molecule has 0 radical (unpaired) electrons. The molecule has 4 rings (SSSR count). The van der Waals surface area contributed by atoms with E-state index in [1.54, 1.807) is 27.7 Å². The van der Waals surface area contributed by atoms with E-state index in [-0.39, 0.29) is 33.9 Å². The second kappa shape index (κ2) is 10.8. The van der Waals surface area contributed by atoms with Gasteiger partial charge in [-0.15, -0.1) is 0 Å². The highest BCUT2D eigenvalue weighted by Gasteiger charge is 2.64. The molecule has 238 valence electrons. The first kappa shape index (κ1) is 32.7. The van der Waals surface area contributed by atoms with Crippen LogP contribution in [-0.2, 0) is 48.2 Å². The Hall–Kier alpha value is -2.20. The van der Waals surface area contributed by atoms with E-state index in [0.717, 1.165) is 38.5 Å². The van der Waals surface area contributed by atoms with E-state index in [4.69, 9.17) is 29.0 Å². The van der Waals surface area contributed by atoms with Gasteiger partial charge in [0.25, 0.3) is 0 Å². The maximum Gasteiger partial charge on any atom is 0.449 e. The van der Waals surface area contributed by atoms with Gasteiger partial charge in [-0.2, -0.15) is 9.78 Å². The summed E-state index contributed by atoms with van der Waals surface area (Å²) in [7, 11) is 0. The summed E-state index contributed by atoms with van der Waals surface area (Å²) in [5.41, 5.74) is -2.27. The third-order valence-electron chi connectivity index (χ3n) is 12.3. The fraction of sp³-hybridized carbons (Fsp3) is 0.875. The molecule has 4 fully saturated rings. The van der Waals surface area contributed by atoms with Crippen LogP contribution in [0.25, 0.3) is 0 Å². The van der Waals surface area contributed by atoms with Crippen molar-refractivity contribution >= 4 is 23.9 Å². The summed E-state index contributed by atoms with van der Waals surface area (Å²) in [5.74, 6) is -3.62. The summed E-state index contributed by atoms with van der Waals surface area (Å²) >= 11 is 0. The first-order valence-electron chi connectivity index (χ1n) is 15.4. The highest BCUT2D eigenvalue weighted by Crippen LogP contribution is 2.67. The van der Waals surface area contributed by atoms with Crippen LogP contribution >= 0.6 is 0 Å². The van der Waals surface area contributed by atoms with Gasteiger partial charge in [0.05, 0.1) is 0 Å². The van der Waals surface area contributed by atoms with Gasteiger partial charge in [0.1, 0.15) is 23.4 Å². The molecule has 0 amide bonds. The Morgan fingerprint density at radius 2 is 0.929 bits per heavy atom. The number of carbonyl (C=O) groups is 4. The molecule has 0 aliphatic heterocycles. The minimum Gasteiger partial charge on any atom is -0.453 e. The summed E-state index contributed by atoms with van der Waals surface area (Å²) in [6.07, 6.45) is 5.53. The minimum atomic E-state index is -1.21. The molecule has 10 heteroatoms. The predicted octanol–water partition coefficient (Wildman–Crippen LogP) is 5.79. The lowest BCUT2D eigenvalue weighted by atomic mass is 9.70. The van der Waals surface area contributed by atoms with Crippen LogP contribution in [0.3, 0.4) is 0 Å². The summed E-state index contributed by atoms with van der Waals surface area (Å²) in [6.45, 7) is 19.7. The van der Waals surface area contributed by atoms with Crippen molar-refractivity contribution in [3.63, 3.8) is 0 Å². The quantitative estimate of drug-likeness (QED) is 0.140. The van der Waals surface area contributed by atoms with Gasteiger partial charge in [0.2, 0.25) is 0 Å². The molecule has 0 aromatic rings. The summed E-state index contributed by atoms with van der Waals surface area (Å²) in [6, 6.07) is 0. The summed E-state index contributed by atoms with van der Waals surface area (Å²) in [4.78, 5) is 70.0. The van der Waals surface area contributed by atoms with E-state index >= 15 is 0 Å². The molecule has 0 saturated heterocycles. The van der Waals surface area contributed by atoms with Gasteiger partial charge in [-0.3, -0.25) is 9.78 Å². The van der Waals surface area contributed by atoms with Crippen molar-refractivity contribution < 1.29 is 48.2 Å². The minimum absolute atomic E-state index is 0.0367. The average molecular weight is 595 g/mol. The molecule has 4 saturated carbocycles. The monoisotopic (exact) mass is 594 g/mol. The summed E-state index contributed by atoms with van der Waals surface area (Å²) in [5, 5.41) is 0. The van der Waals surface area contributed by atoms with E-state index in [1.165, 1.54) is 0 Å². The molecule has 2 unspecified atom stereocenters. The van der Waals surface area contributed by atoms with E-state index in [1.807, 2.05) is 0 Å². The zero-order valence-corrected chi connectivity index (χ0v) is 27.0. The Kier molecular flexibility index (Phi) is 8.37. The second-order valence-corrected chi connectivity index (χ2v) is 15.9. The Morgan fingerprint density at radius 1 is 0.595 bits per heavy atom. The van der Waals surface area contributed by atoms with Gasteiger partial charge in [-0.25, -0.2) is 19.2 Å². The Morgan fingerprint density at radius 3 is 1.19 bits per heavy atom. The third kappa shape index (κ3) is 5.70. The highest BCUT2D eigenvalue weighted by molar-refractivity contribution is 6.29. The maximum atomic E-state index is 12.5. The van der Waals surface area contributed by atoms with Crippen LogP contribution < -0.4 is 0 Å². The topological polar surface area (TPSA) is 124 Å². The van der Waals surface area contributed by atoms with Crippen molar-refractivity contribution in [2.24, 2.45) is 33.5 Å². The molecular weight excluding hydrogens is 544 g/mol. The number of hydrogen-bond donors (Lipinski definition) is 0. The van der Waals surface area contributed by atoms with E-state index in [0.29, 0.717) is 24.7 Å². The highest BCUT2D eigenvalue weighted by atomic mass is 17.2. The van der Waals surface area contributed by atoms with Crippen molar-refractivity contribution in [1.82, 2.24) is 0 Å². The first-order chi connectivity index (χ1) is 19.2. The molecule has 6 atom stereocenters. The zero-order valence-electron chi connectivity index (χ0n) is 27.0. The molecule has 0 spiro atoms. The standard InChI is InChI=1S/C32H50O10/c1-27(2,41-39-25(35)23(33)37-21-17-19-11-13-31(21,9)29(19,5)6)15-16-28(3,4)42-40-26(36)24(34)38-22-18-20-12-14-32(22,10)30(20,7)8/h19-22H,11-18H2,1-10H3/t19-,20-,21?,22?,31+,32+/m0/s1. The van der Waals surface area contributed by atoms with Crippen LogP contribution in [0.15, 0.2) is 0 Å². The number of fused-ring (bicyclic) bond motifs is 4. The van der Waals surface area contributed by atoms with E-state index in [9.17, 15) is 19.2 Å². The summed E-state index contributed by atoms with van der Waals surface area (Å²) < 4.78 is 11.1. The van der Waals surface area contributed by atoms with E-state index < -0.39 is 35.1 Å². The fourth-order valence-corrected chi connectivity index (χ4v) is 8.03. The predicted molar refractivity (Wildman–Crippen MR) is 150 cm³/mol. The van der Waals surface area contributed by atoms with Crippen molar-refractivity contribution in [2.75, 3.05) is 0 Å². The molecular formula is C32H50O10. The van der Waals surface area contributed by atoms with Crippen LogP contribution in [0.4, 0.5) is 0 Å². The lowest BCUT2D eigenvalue weighted by molar-refractivity contribution is -0.339. The van der Waals surface area contributed by atoms with Crippen molar-refractivity contribution in [3.05, 3.63) is 0 Å². The number of rotatable bonds is 9. The van der Waals surface area contributed by atoms with Gasteiger partial charge in [-0.05, 0) is 102 Å². The lowest BCUT2D eigenvalue weighted by Gasteiger charge is -2.38. The number of hydrogen-bond acceptors (Lipinski definition) is 10. The average Bonchev–Trinajstić information content (AvgIpc) is 3.41. The van der Waals surface area contributed by atoms with Crippen LogP contribution in [0.5, 0.6) is 0 Å². The third-order valence-corrected chi connectivity index (χ3v) is 12.3. The fourth-order valence-electron chi connectivity index (χ4n) is 8.03. The van der Waals surface area contributed by atoms with Gasteiger partial charge in [-0.1, -0.05) is 41.5 Å². The van der Waals surface area contributed by atoms with Crippen molar-refractivity contribution in [2.45, 2.75) is 144 Å². The number of ether oxygens (including phenoxy) is 2. The molecule has 0 aromatic heterocycles. The van der Waals surface area contributed by atoms with Gasteiger partial charge >= 0.3 is 23.9 Å². The van der Waals surface area contributed by atoms with Crippen molar-refractivity contribution in [1.29, 1.82) is 0 Å². The van der Waals surface area contributed by atoms with Crippen LogP contribution in [0, 0.1) is 33.5 Å². The van der Waals surface area contributed by atoms with Gasteiger partial charge < -0.3 is 9.47 Å². The Labute approximate surface area is 249 Å². The Bertz CT molecular complexity index is 1020. The Balaban J connectivity index is 1.17. The maximum absolute atomic E-state index is 12.5. The molecule has 0 N–H and O–H groups in total.